The molecule has 0 unspecified atom stereocenters. The van der Waals surface area contributed by atoms with E-state index in [-0.39, 0.29) is 23.8 Å². The second kappa shape index (κ2) is 6.56. The summed E-state index contributed by atoms with van der Waals surface area (Å²) in [5.41, 5.74) is 5.74. The number of nitrogens with zero attached hydrogens (tertiary/aromatic N) is 4. The zero-order valence-corrected chi connectivity index (χ0v) is 12.3. The highest BCUT2D eigenvalue weighted by Gasteiger charge is 2.25. The summed E-state index contributed by atoms with van der Waals surface area (Å²) >= 11 is 1.38. The lowest BCUT2D eigenvalue weighted by Crippen LogP contribution is -2.34. The molecule has 1 aromatic rings. The summed E-state index contributed by atoms with van der Waals surface area (Å²) in [7, 11) is 1.57. The van der Waals surface area contributed by atoms with Crippen LogP contribution in [-0.4, -0.2) is 40.3 Å². The second-order valence-electron chi connectivity index (χ2n) is 4.51. The average molecular weight is 305 g/mol. The van der Waals surface area contributed by atoms with Gasteiger partial charge in [0.15, 0.2) is 5.16 Å². The van der Waals surface area contributed by atoms with Gasteiger partial charge in [0.05, 0.1) is 5.69 Å². The molecule has 0 bridgehead atoms. The van der Waals surface area contributed by atoms with Crippen LogP contribution in [0.4, 0.5) is 0 Å². The van der Waals surface area contributed by atoms with E-state index in [9.17, 15) is 15.2 Å². The van der Waals surface area contributed by atoms with E-state index in [1.54, 1.807) is 7.05 Å². The Morgan fingerprint density at radius 2 is 2.52 bits per heavy atom. The SMILES string of the molecule is CN=CC(=CN)c1nc2n(c(=O)c1C#N)C[C@H](CO)CS2. The minimum absolute atomic E-state index is 0.00103. The third kappa shape index (κ3) is 2.84. The van der Waals surface area contributed by atoms with Gasteiger partial charge in [0, 0.05) is 49.9 Å². The summed E-state index contributed by atoms with van der Waals surface area (Å²) in [6.45, 7) is 0.363. The first kappa shape index (κ1) is 15.3. The van der Waals surface area contributed by atoms with Crippen molar-refractivity contribution in [3.8, 4) is 6.07 Å². The van der Waals surface area contributed by atoms with Crippen molar-refractivity contribution in [2.75, 3.05) is 19.4 Å². The Kier molecular flexibility index (Phi) is 4.77. The van der Waals surface area contributed by atoms with Gasteiger partial charge in [-0.15, -0.1) is 0 Å². The standard InChI is InChI=1S/C13H15N5O2S/c1-16-4-9(2-14)11-10(3-15)12(20)18-5-8(6-19)7-21-13(18)17-11/h2,4,8,19H,5-7,14H2,1H3/t8-/m1/s1. The van der Waals surface area contributed by atoms with Gasteiger partial charge in [0.2, 0.25) is 0 Å². The van der Waals surface area contributed by atoms with Gasteiger partial charge in [0.25, 0.3) is 5.56 Å². The zero-order chi connectivity index (χ0) is 15.4. The van der Waals surface area contributed by atoms with Crippen LogP contribution in [0.5, 0.6) is 0 Å². The Morgan fingerprint density at radius 3 is 3.10 bits per heavy atom. The summed E-state index contributed by atoms with van der Waals surface area (Å²) in [6.07, 6.45) is 2.74. The fourth-order valence-electron chi connectivity index (χ4n) is 2.05. The van der Waals surface area contributed by atoms with Gasteiger partial charge in [-0.1, -0.05) is 11.8 Å². The summed E-state index contributed by atoms with van der Waals surface area (Å²) in [5, 5.41) is 19.0. The third-order valence-electron chi connectivity index (χ3n) is 3.11. The summed E-state index contributed by atoms with van der Waals surface area (Å²) in [4.78, 5) is 20.7. The van der Waals surface area contributed by atoms with E-state index >= 15 is 0 Å². The molecule has 3 N–H and O–H groups in total. The van der Waals surface area contributed by atoms with Crippen LogP contribution in [0.1, 0.15) is 11.3 Å². The Bertz CT molecular complexity index is 702. The van der Waals surface area contributed by atoms with Crippen molar-refractivity contribution in [3.63, 3.8) is 0 Å². The predicted octanol–water partition coefficient (Wildman–Crippen LogP) is -0.171. The molecule has 0 saturated heterocycles. The second-order valence-corrected chi connectivity index (χ2v) is 5.50. The molecular formula is C13H15N5O2S. The molecule has 2 heterocycles. The number of hydrogen-bond acceptors (Lipinski definition) is 7. The van der Waals surface area contributed by atoms with Crippen molar-refractivity contribution >= 4 is 23.5 Å². The highest BCUT2D eigenvalue weighted by atomic mass is 32.2. The monoisotopic (exact) mass is 305 g/mol. The lowest BCUT2D eigenvalue weighted by atomic mass is 10.1. The number of thioether (sulfide) groups is 1. The van der Waals surface area contributed by atoms with Crippen molar-refractivity contribution < 1.29 is 5.11 Å². The van der Waals surface area contributed by atoms with E-state index in [0.717, 1.165) is 0 Å². The number of aliphatic imine (C=N–C) groups is 1. The molecule has 0 saturated carbocycles. The molecule has 2 rings (SSSR count). The van der Waals surface area contributed by atoms with Gasteiger partial charge < -0.3 is 10.8 Å². The maximum atomic E-state index is 12.4. The molecule has 0 aromatic carbocycles. The molecule has 7 nitrogen and oxygen atoms in total. The summed E-state index contributed by atoms with van der Waals surface area (Å²) < 4.78 is 1.44. The molecule has 0 spiro atoms. The van der Waals surface area contributed by atoms with E-state index in [4.69, 9.17) is 5.73 Å². The lowest BCUT2D eigenvalue weighted by Gasteiger charge is -2.24. The van der Waals surface area contributed by atoms with Crippen LogP contribution < -0.4 is 11.3 Å². The van der Waals surface area contributed by atoms with Crippen LogP contribution in [0.25, 0.3) is 5.57 Å². The summed E-state index contributed by atoms with van der Waals surface area (Å²) in [6, 6.07) is 1.89. The van der Waals surface area contributed by atoms with Crippen molar-refractivity contribution in [1.29, 1.82) is 5.26 Å². The molecule has 0 fully saturated rings. The molecule has 1 aromatic heterocycles. The number of nitriles is 1. The third-order valence-corrected chi connectivity index (χ3v) is 4.32. The number of allylic oxidation sites excluding steroid dienone is 1. The molecule has 21 heavy (non-hydrogen) atoms. The van der Waals surface area contributed by atoms with E-state index in [2.05, 4.69) is 9.98 Å². The Labute approximate surface area is 125 Å². The Balaban J connectivity index is 2.64. The quantitative estimate of drug-likeness (QED) is 0.591. The van der Waals surface area contributed by atoms with Gasteiger partial charge in [-0.2, -0.15) is 5.26 Å². The molecule has 0 aliphatic carbocycles. The van der Waals surface area contributed by atoms with Crippen LogP contribution in [0, 0.1) is 17.2 Å². The van der Waals surface area contributed by atoms with Gasteiger partial charge in [0.1, 0.15) is 11.6 Å². The smallest absolute Gasteiger partial charge is 0.272 e. The molecule has 8 heteroatoms. The molecule has 0 amide bonds. The zero-order valence-electron chi connectivity index (χ0n) is 11.5. The first-order chi connectivity index (χ1) is 10.2. The highest BCUT2D eigenvalue weighted by molar-refractivity contribution is 7.99. The molecule has 1 aliphatic heterocycles. The number of aliphatic hydroxyl groups excluding tert-OH is 1. The predicted molar refractivity (Wildman–Crippen MR) is 81.1 cm³/mol. The molecular weight excluding hydrogens is 290 g/mol. The fraction of sp³-hybridized carbons (Fsp3) is 0.385. The van der Waals surface area contributed by atoms with E-state index in [0.29, 0.717) is 23.0 Å². The molecule has 1 aliphatic rings. The lowest BCUT2D eigenvalue weighted by molar-refractivity contribution is 0.217. The van der Waals surface area contributed by atoms with Crippen LogP contribution in [0.15, 0.2) is 21.1 Å². The highest BCUT2D eigenvalue weighted by Crippen LogP contribution is 2.26. The van der Waals surface area contributed by atoms with Crippen LogP contribution in [0.3, 0.4) is 0 Å². The first-order valence-corrected chi connectivity index (χ1v) is 7.27. The molecule has 1 atom stereocenters. The number of aliphatic hydroxyl groups is 1. The molecule has 0 radical (unpaired) electrons. The van der Waals surface area contributed by atoms with Crippen molar-refractivity contribution in [1.82, 2.24) is 9.55 Å². The van der Waals surface area contributed by atoms with Crippen LogP contribution in [0.2, 0.25) is 0 Å². The van der Waals surface area contributed by atoms with Crippen molar-refractivity contribution in [3.05, 3.63) is 27.8 Å². The first-order valence-electron chi connectivity index (χ1n) is 6.29. The number of fused-ring (bicyclic) bond motifs is 1. The van der Waals surface area contributed by atoms with Gasteiger partial charge in [-0.05, 0) is 0 Å². The summed E-state index contributed by atoms with van der Waals surface area (Å²) in [5.74, 6) is 0.666. The van der Waals surface area contributed by atoms with Crippen LogP contribution in [-0.2, 0) is 6.54 Å². The van der Waals surface area contributed by atoms with E-state index < -0.39 is 5.56 Å². The van der Waals surface area contributed by atoms with Gasteiger partial charge in [-0.25, -0.2) is 4.98 Å². The minimum atomic E-state index is -0.410. The van der Waals surface area contributed by atoms with Crippen molar-refractivity contribution in [2.24, 2.45) is 16.6 Å². The number of rotatable bonds is 3. The number of aromatic nitrogens is 2. The minimum Gasteiger partial charge on any atom is -0.404 e. The number of hydrogen-bond donors (Lipinski definition) is 2. The van der Waals surface area contributed by atoms with Gasteiger partial charge >= 0.3 is 0 Å². The average Bonchev–Trinajstić information content (AvgIpc) is 2.52. The largest absolute Gasteiger partial charge is 0.404 e. The normalized spacial score (nSPS) is 18.5. The fourth-order valence-corrected chi connectivity index (χ4v) is 3.12. The Morgan fingerprint density at radius 1 is 1.76 bits per heavy atom. The number of nitrogens with two attached hydrogens (primary N) is 1. The van der Waals surface area contributed by atoms with Gasteiger partial charge in [-0.3, -0.25) is 14.4 Å². The maximum Gasteiger partial charge on any atom is 0.272 e. The maximum absolute atomic E-state index is 12.4. The van der Waals surface area contributed by atoms with E-state index in [1.807, 2.05) is 6.07 Å². The molecule has 110 valence electrons. The topological polar surface area (TPSA) is 117 Å². The van der Waals surface area contributed by atoms with Crippen LogP contribution >= 0.6 is 11.8 Å². The van der Waals surface area contributed by atoms with E-state index in [1.165, 1.54) is 28.7 Å². The Hall–Kier alpha value is -2.11. The van der Waals surface area contributed by atoms with Crippen molar-refractivity contribution in [2.45, 2.75) is 11.7 Å².